The van der Waals surface area contributed by atoms with E-state index in [1.54, 1.807) is 7.11 Å². The monoisotopic (exact) mass is 151 g/mol. The van der Waals surface area contributed by atoms with E-state index in [2.05, 4.69) is 0 Å². The number of methoxy groups -OCH3 is 1. The van der Waals surface area contributed by atoms with Crippen molar-refractivity contribution < 1.29 is 23.3 Å². The molecule has 0 aliphatic carbocycles. The normalized spacial score (nSPS) is 7.00. The first kappa shape index (κ1) is 11.0. The summed E-state index contributed by atoms with van der Waals surface area (Å²) in [5.41, 5.74) is 1.24. The number of ether oxygens (including phenoxy) is 1. The van der Waals surface area contributed by atoms with Gasteiger partial charge in [-0.3, -0.25) is 0 Å². The van der Waals surface area contributed by atoms with Gasteiger partial charge in [0.1, 0.15) is 0 Å². The number of allylic oxidation sites excluding steroid dienone is 2. The number of rotatable bonds is 1. The first-order valence-electron chi connectivity index (χ1n) is 2.36. The molecule has 0 spiro atoms. The van der Waals surface area contributed by atoms with Crippen molar-refractivity contribution in [3.05, 3.63) is 11.3 Å². The minimum Gasteiger partial charge on any atom is -0.501 e. The molecule has 0 fully saturated rings. The summed E-state index contributed by atoms with van der Waals surface area (Å²) in [5.74, 6) is 1.01. The molecular formula is C6H12OV. The van der Waals surface area contributed by atoms with Crippen LogP contribution in [0.1, 0.15) is 20.8 Å². The molecule has 0 atom stereocenters. The molecule has 47 valence electrons. The van der Waals surface area contributed by atoms with Gasteiger partial charge in [0, 0.05) is 18.6 Å². The Labute approximate surface area is 63.0 Å². The van der Waals surface area contributed by atoms with E-state index in [-0.39, 0.29) is 18.6 Å². The second kappa shape index (κ2) is 5.26. The molecule has 0 aromatic heterocycles. The summed E-state index contributed by atoms with van der Waals surface area (Å²) in [5, 5.41) is 0. The van der Waals surface area contributed by atoms with Gasteiger partial charge in [-0.1, -0.05) is 0 Å². The molecule has 0 aromatic rings. The molecule has 1 nitrogen and oxygen atoms in total. The van der Waals surface area contributed by atoms with E-state index in [0.29, 0.717) is 0 Å². The third-order valence-electron chi connectivity index (χ3n) is 1.01. The van der Waals surface area contributed by atoms with Crippen LogP contribution >= 0.6 is 0 Å². The number of hydrogen-bond acceptors (Lipinski definition) is 1. The summed E-state index contributed by atoms with van der Waals surface area (Å²) in [7, 11) is 1.68. The standard InChI is InChI=1S/C6H12O.V/c1-5(2)6(3)7-4;/h1-4H3;. The Morgan fingerprint density at radius 3 is 1.50 bits per heavy atom. The van der Waals surface area contributed by atoms with Gasteiger partial charge in [-0.25, -0.2) is 0 Å². The van der Waals surface area contributed by atoms with Crippen LogP contribution in [-0.4, -0.2) is 7.11 Å². The van der Waals surface area contributed by atoms with Gasteiger partial charge in [-0.15, -0.1) is 0 Å². The van der Waals surface area contributed by atoms with E-state index in [0.717, 1.165) is 5.76 Å². The summed E-state index contributed by atoms with van der Waals surface area (Å²) in [4.78, 5) is 0. The van der Waals surface area contributed by atoms with Gasteiger partial charge in [0.05, 0.1) is 12.9 Å². The fraction of sp³-hybridized carbons (Fsp3) is 0.667. The summed E-state index contributed by atoms with van der Waals surface area (Å²) < 4.78 is 4.89. The van der Waals surface area contributed by atoms with Gasteiger partial charge in [0.25, 0.3) is 0 Å². The molecule has 0 aromatic carbocycles. The molecule has 0 bridgehead atoms. The average Bonchev–Trinajstić information content (AvgIpc) is 1.65. The molecule has 0 amide bonds. The molecule has 0 aliphatic heterocycles. The summed E-state index contributed by atoms with van der Waals surface area (Å²) in [6, 6.07) is 0. The van der Waals surface area contributed by atoms with E-state index < -0.39 is 0 Å². The van der Waals surface area contributed by atoms with Gasteiger partial charge in [0.2, 0.25) is 0 Å². The maximum absolute atomic E-state index is 4.89. The summed E-state index contributed by atoms with van der Waals surface area (Å²) >= 11 is 0. The van der Waals surface area contributed by atoms with Crippen LogP contribution in [0.2, 0.25) is 0 Å². The van der Waals surface area contributed by atoms with Crippen molar-refractivity contribution in [3.8, 4) is 0 Å². The molecule has 8 heavy (non-hydrogen) atoms. The Morgan fingerprint density at radius 2 is 1.50 bits per heavy atom. The van der Waals surface area contributed by atoms with Gasteiger partial charge in [-0.05, 0) is 26.3 Å². The van der Waals surface area contributed by atoms with Crippen LogP contribution in [0.4, 0.5) is 0 Å². The first-order valence-corrected chi connectivity index (χ1v) is 2.36. The van der Waals surface area contributed by atoms with Crippen molar-refractivity contribution in [2.45, 2.75) is 20.8 Å². The second-order valence-corrected chi connectivity index (χ2v) is 1.76. The Kier molecular flexibility index (Phi) is 7.24. The Balaban J connectivity index is 0. The maximum atomic E-state index is 4.89. The predicted octanol–water partition coefficient (Wildman–Crippen LogP) is 1.94. The van der Waals surface area contributed by atoms with Gasteiger partial charge >= 0.3 is 0 Å². The van der Waals surface area contributed by atoms with Crippen LogP contribution < -0.4 is 0 Å². The van der Waals surface area contributed by atoms with Crippen molar-refractivity contribution in [1.29, 1.82) is 0 Å². The molecular weight excluding hydrogens is 139 g/mol. The zero-order chi connectivity index (χ0) is 5.86. The summed E-state index contributed by atoms with van der Waals surface area (Å²) in [6.45, 7) is 6.01. The van der Waals surface area contributed by atoms with Crippen molar-refractivity contribution in [2.24, 2.45) is 0 Å². The molecule has 0 saturated carbocycles. The van der Waals surface area contributed by atoms with Crippen molar-refractivity contribution in [1.82, 2.24) is 0 Å². The van der Waals surface area contributed by atoms with Gasteiger partial charge in [0.15, 0.2) is 0 Å². The average molecular weight is 151 g/mol. The van der Waals surface area contributed by atoms with Gasteiger partial charge < -0.3 is 4.74 Å². The topological polar surface area (TPSA) is 9.23 Å². The van der Waals surface area contributed by atoms with Crippen molar-refractivity contribution >= 4 is 0 Å². The molecule has 2 heteroatoms. The Morgan fingerprint density at radius 1 is 1.12 bits per heavy atom. The SMILES string of the molecule is COC(C)=C(C)C.[V]. The fourth-order valence-corrected chi connectivity index (χ4v) is 0.204. The van der Waals surface area contributed by atoms with E-state index in [1.165, 1.54) is 5.57 Å². The Hall–Kier alpha value is 0.124. The molecule has 0 rings (SSSR count). The first-order chi connectivity index (χ1) is 3.18. The van der Waals surface area contributed by atoms with Crippen LogP contribution in [0.5, 0.6) is 0 Å². The van der Waals surface area contributed by atoms with Crippen molar-refractivity contribution in [2.75, 3.05) is 7.11 Å². The quantitative estimate of drug-likeness (QED) is 0.520. The smallest absolute Gasteiger partial charge is 0.0910 e. The fourth-order valence-electron chi connectivity index (χ4n) is 0.204. The maximum Gasteiger partial charge on any atom is 0.0910 e. The van der Waals surface area contributed by atoms with Crippen LogP contribution in [0.25, 0.3) is 0 Å². The van der Waals surface area contributed by atoms with E-state index in [1.807, 2.05) is 20.8 Å². The molecule has 0 heterocycles. The van der Waals surface area contributed by atoms with Crippen LogP contribution in [0.3, 0.4) is 0 Å². The van der Waals surface area contributed by atoms with Crippen molar-refractivity contribution in [3.63, 3.8) is 0 Å². The van der Waals surface area contributed by atoms with Gasteiger partial charge in [-0.2, -0.15) is 0 Å². The van der Waals surface area contributed by atoms with Crippen LogP contribution in [0.15, 0.2) is 11.3 Å². The molecule has 0 aliphatic rings. The van der Waals surface area contributed by atoms with E-state index >= 15 is 0 Å². The third kappa shape index (κ3) is 4.29. The van der Waals surface area contributed by atoms with E-state index in [9.17, 15) is 0 Å². The zero-order valence-corrected chi connectivity index (χ0v) is 7.25. The molecule has 0 saturated heterocycles. The summed E-state index contributed by atoms with van der Waals surface area (Å²) in [6.07, 6.45) is 0. The third-order valence-corrected chi connectivity index (χ3v) is 1.01. The van der Waals surface area contributed by atoms with Crippen LogP contribution in [-0.2, 0) is 23.3 Å². The largest absolute Gasteiger partial charge is 0.501 e. The zero-order valence-electron chi connectivity index (χ0n) is 5.86. The predicted molar refractivity (Wildman–Crippen MR) is 31.1 cm³/mol. The second-order valence-electron chi connectivity index (χ2n) is 1.76. The van der Waals surface area contributed by atoms with E-state index in [4.69, 9.17) is 4.74 Å². The van der Waals surface area contributed by atoms with Crippen LogP contribution in [0, 0.1) is 0 Å². The minimum atomic E-state index is 0. The number of hydrogen-bond donors (Lipinski definition) is 0. The minimum absolute atomic E-state index is 0. The molecule has 1 radical (unpaired) electrons. The molecule has 0 unspecified atom stereocenters. The molecule has 0 N–H and O–H groups in total. The Bertz CT molecular complexity index is 82.5.